The normalized spacial score (nSPS) is 21.1. The predicted molar refractivity (Wildman–Crippen MR) is 105 cm³/mol. The monoisotopic (exact) mass is 361 g/mol. The number of aryl methyl sites for hydroxylation is 1. The summed E-state index contributed by atoms with van der Waals surface area (Å²) in [6.07, 6.45) is 3.97. The lowest BCUT2D eigenvalue weighted by Crippen LogP contribution is -2.40. The molecule has 138 valence electrons. The highest BCUT2D eigenvalue weighted by atomic mass is 16.2. The molecule has 4 heterocycles. The Hall–Kier alpha value is -2.89. The Bertz CT molecular complexity index is 1030. The summed E-state index contributed by atoms with van der Waals surface area (Å²) in [5.74, 6) is 0. The van der Waals surface area contributed by atoms with Crippen LogP contribution in [0.2, 0.25) is 0 Å². The van der Waals surface area contributed by atoms with Gasteiger partial charge in [0, 0.05) is 54.4 Å². The van der Waals surface area contributed by atoms with Gasteiger partial charge in [0.15, 0.2) is 0 Å². The van der Waals surface area contributed by atoms with Gasteiger partial charge >= 0.3 is 6.03 Å². The van der Waals surface area contributed by atoms with E-state index in [1.165, 1.54) is 5.69 Å². The van der Waals surface area contributed by atoms with Crippen molar-refractivity contribution < 1.29 is 4.79 Å². The lowest BCUT2D eigenvalue weighted by molar-refractivity contribution is 0.206. The molecule has 3 aromatic rings. The summed E-state index contributed by atoms with van der Waals surface area (Å²) in [6.45, 7) is 5.13. The quantitative estimate of drug-likeness (QED) is 0.762. The average Bonchev–Trinajstić information content (AvgIpc) is 3.39. The van der Waals surface area contributed by atoms with E-state index < -0.39 is 0 Å². The van der Waals surface area contributed by atoms with Crippen LogP contribution >= 0.6 is 0 Å². The van der Waals surface area contributed by atoms with E-state index in [4.69, 9.17) is 5.10 Å². The number of carbonyl (C=O) groups is 1. The summed E-state index contributed by atoms with van der Waals surface area (Å²) in [5, 5.41) is 8.90. The number of nitrogens with zero attached hydrogens (tertiary/aromatic N) is 4. The van der Waals surface area contributed by atoms with E-state index in [1.807, 2.05) is 36.2 Å². The molecule has 1 aromatic carbocycles. The molecule has 1 atom stereocenters. The molecule has 1 N–H and O–H groups in total. The molecule has 5 rings (SSSR count). The second-order valence-electron chi connectivity index (χ2n) is 7.59. The molecule has 2 aromatic heterocycles. The third-order valence-corrected chi connectivity index (χ3v) is 5.98. The summed E-state index contributed by atoms with van der Waals surface area (Å²) in [6, 6.07) is 12.6. The van der Waals surface area contributed by atoms with E-state index in [2.05, 4.69) is 33.2 Å². The highest BCUT2D eigenvalue weighted by Gasteiger charge is 2.46. The number of hydrogen-bond acceptors (Lipinski definition) is 3. The van der Waals surface area contributed by atoms with Crippen molar-refractivity contribution in [2.45, 2.75) is 31.7 Å². The first-order valence-electron chi connectivity index (χ1n) is 9.65. The van der Waals surface area contributed by atoms with Crippen molar-refractivity contribution in [1.82, 2.24) is 25.0 Å². The molecular weight excluding hydrogens is 338 g/mol. The number of nitrogens with one attached hydrogen (secondary N) is 1. The number of likely N-dealkylation sites (tertiary alicyclic amines) is 1. The molecule has 1 spiro atoms. The molecule has 1 fully saturated rings. The van der Waals surface area contributed by atoms with Gasteiger partial charge in [0.05, 0.1) is 11.2 Å². The van der Waals surface area contributed by atoms with E-state index >= 15 is 0 Å². The van der Waals surface area contributed by atoms with Gasteiger partial charge in [0.1, 0.15) is 0 Å². The van der Waals surface area contributed by atoms with Gasteiger partial charge in [-0.3, -0.25) is 9.67 Å². The van der Waals surface area contributed by atoms with E-state index in [9.17, 15) is 4.79 Å². The van der Waals surface area contributed by atoms with Crippen LogP contribution in [0.25, 0.3) is 22.2 Å². The summed E-state index contributed by atoms with van der Waals surface area (Å²) in [4.78, 5) is 18.8. The summed E-state index contributed by atoms with van der Waals surface area (Å²) < 4.78 is 2.13. The van der Waals surface area contributed by atoms with E-state index in [0.29, 0.717) is 6.54 Å². The molecule has 2 amide bonds. The fourth-order valence-corrected chi connectivity index (χ4v) is 4.54. The Morgan fingerprint density at radius 1 is 1.22 bits per heavy atom. The van der Waals surface area contributed by atoms with Crippen molar-refractivity contribution in [1.29, 1.82) is 0 Å². The zero-order valence-corrected chi connectivity index (χ0v) is 15.5. The minimum atomic E-state index is 0.0423. The van der Waals surface area contributed by atoms with E-state index in [-0.39, 0.29) is 11.4 Å². The average molecular weight is 361 g/mol. The highest BCUT2D eigenvalue weighted by Crippen LogP contribution is 2.43. The molecule has 0 bridgehead atoms. The van der Waals surface area contributed by atoms with Crippen LogP contribution in [0.3, 0.4) is 0 Å². The Kier molecular flexibility index (Phi) is 3.67. The van der Waals surface area contributed by atoms with Gasteiger partial charge in [0.2, 0.25) is 0 Å². The summed E-state index contributed by atoms with van der Waals surface area (Å²) >= 11 is 0. The summed E-state index contributed by atoms with van der Waals surface area (Å²) in [7, 11) is 0. The largest absolute Gasteiger partial charge is 0.338 e. The fourth-order valence-electron chi connectivity index (χ4n) is 4.54. The van der Waals surface area contributed by atoms with Gasteiger partial charge in [-0.1, -0.05) is 18.2 Å². The minimum absolute atomic E-state index is 0.0423. The second-order valence-corrected chi connectivity index (χ2v) is 7.59. The van der Waals surface area contributed by atoms with Gasteiger partial charge in [-0.05, 0) is 38.0 Å². The number of aromatic nitrogens is 3. The smallest absolute Gasteiger partial charge is 0.317 e. The lowest BCUT2D eigenvalue weighted by Gasteiger charge is -2.23. The Balaban J connectivity index is 1.46. The maximum Gasteiger partial charge on any atom is 0.317 e. The zero-order chi connectivity index (χ0) is 18.4. The number of urea groups is 1. The van der Waals surface area contributed by atoms with Crippen molar-refractivity contribution >= 4 is 16.9 Å². The molecule has 1 unspecified atom stereocenters. The van der Waals surface area contributed by atoms with Gasteiger partial charge < -0.3 is 10.2 Å². The van der Waals surface area contributed by atoms with Crippen LogP contribution in [0.5, 0.6) is 0 Å². The first-order chi connectivity index (χ1) is 13.2. The maximum absolute atomic E-state index is 12.2. The van der Waals surface area contributed by atoms with Crippen LogP contribution < -0.4 is 5.32 Å². The number of carbonyl (C=O) groups excluding carboxylic acids is 1. The van der Waals surface area contributed by atoms with Crippen molar-refractivity contribution in [2.75, 3.05) is 19.6 Å². The standard InChI is InChI=1S/C21H23N5O/c1-2-22-20(27)25-9-7-21(14-25)8-10-26-19(21)12-18(24-26)16-11-15-5-3-4-6-17(15)23-13-16/h3-6,11-13H,2,7-10,14H2,1H3,(H,22,27). The number of fused-ring (bicyclic) bond motifs is 3. The molecule has 2 aliphatic heterocycles. The number of para-hydroxylation sites is 1. The lowest BCUT2D eigenvalue weighted by atomic mass is 9.82. The molecule has 27 heavy (non-hydrogen) atoms. The van der Waals surface area contributed by atoms with Crippen LogP contribution in [0.4, 0.5) is 4.79 Å². The van der Waals surface area contributed by atoms with Crippen molar-refractivity contribution in [3.05, 3.63) is 48.3 Å². The molecule has 2 aliphatic rings. The van der Waals surface area contributed by atoms with E-state index in [1.54, 1.807) is 0 Å². The Morgan fingerprint density at radius 3 is 2.96 bits per heavy atom. The van der Waals surface area contributed by atoms with Gasteiger partial charge in [-0.2, -0.15) is 5.10 Å². The van der Waals surface area contributed by atoms with Crippen LogP contribution in [0.15, 0.2) is 42.6 Å². The van der Waals surface area contributed by atoms with Crippen molar-refractivity contribution in [3.8, 4) is 11.3 Å². The highest BCUT2D eigenvalue weighted by molar-refractivity contribution is 5.82. The molecule has 6 nitrogen and oxygen atoms in total. The number of pyridine rings is 1. The number of amides is 2. The first kappa shape index (κ1) is 16.3. The molecule has 0 saturated carbocycles. The topological polar surface area (TPSA) is 63.1 Å². The van der Waals surface area contributed by atoms with Gasteiger partial charge in [-0.15, -0.1) is 0 Å². The Labute approximate surface area is 158 Å². The summed E-state index contributed by atoms with van der Waals surface area (Å²) in [5.41, 5.74) is 4.32. The Morgan fingerprint density at radius 2 is 2.07 bits per heavy atom. The SMILES string of the molecule is CCNC(=O)N1CCC2(CCn3nc(-c4cnc5ccccc5c4)cc32)C1. The maximum atomic E-state index is 12.2. The second kappa shape index (κ2) is 6.08. The molecule has 0 radical (unpaired) electrons. The minimum Gasteiger partial charge on any atom is -0.338 e. The molecule has 0 aliphatic carbocycles. The number of benzene rings is 1. The third kappa shape index (κ3) is 2.59. The van der Waals surface area contributed by atoms with Gasteiger partial charge in [-0.25, -0.2) is 4.79 Å². The molecule has 6 heteroatoms. The third-order valence-electron chi connectivity index (χ3n) is 5.98. The van der Waals surface area contributed by atoms with Crippen LogP contribution in [-0.2, 0) is 12.0 Å². The fraction of sp³-hybridized carbons (Fsp3) is 0.381. The van der Waals surface area contributed by atoms with Crippen molar-refractivity contribution in [3.63, 3.8) is 0 Å². The predicted octanol–water partition coefficient (Wildman–Crippen LogP) is 3.18. The van der Waals surface area contributed by atoms with Crippen LogP contribution in [0, 0.1) is 0 Å². The molecular formula is C21H23N5O. The van der Waals surface area contributed by atoms with E-state index in [0.717, 1.165) is 54.6 Å². The van der Waals surface area contributed by atoms with Crippen LogP contribution in [0.1, 0.15) is 25.5 Å². The van der Waals surface area contributed by atoms with Gasteiger partial charge in [0.25, 0.3) is 0 Å². The first-order valence-corrected chi connectivity index (χ1v) is 9.65. The van der Waals surface area contributed by atoms with Crippen LogP contribution in [-0.4, -0.2) is 45.3 Å². The number of rotatable bonds is 2. The van der Waals surface area contributed by atoms with Crippen molar-refractivity contribution in [2.24, 2.45) is 0 Å². The molecule has 1 saturated heterocycles. The number of hydrogen-bond donors (Lipinski definition) is 1. The zero-order valence-electron chi connectivity index (χ0n) is 15.5.